The molecule has 1 aliphatic rings. The van der Waals surface area contributed by atoms with Gasteiger partial charge in [0.15, 0.2) is 0 Å². The maximum absolute atomic E-state index is 13.5. The van der Waals surface area contributed by atoms with E-state index in [9.17, 15) is 9.59 Å². The minimum absolute atomic E-state index is 0.301. The van der Waals surface area contributed by atoms with Crippen molar-refractivity contribution in [2.24, 2.45) is 0 Å². The Morgan fingerprint density at radius 2 is 1.69 bits per heavy atom. The standard InChI is InChI=1S/C23H19N3O2S/c1-3-13-12-17-20(14-8-4-5-9-15(14)24-17)21-19(13)22(27)26(23(21)28)25-16-10-6-7-11-18(16)29-2/h4-12,24-25H,3H2,1-2H3. The van der Waals surface area contributed by atoms with Gasteiger partial charge in [-0.1, -0.05) is 37.3 Å². The van der Waals surface area contributed by atoms with E-state index in [1.54, 1.807) is 11.8 Å². The van der Waals surface area contributed by atoms with E-state index < -0.39 is 0 Å². The van der Waals surface area contributed by atoms with Crippen LogP contribution in [-0.2, 0) is 6.42 Å². The molecule has 1 aromatic heterocycles. The summed E-state index contributed by atoms with van der Waals surface area (Å²) in [6, 6.07) is 17.5. The van der Waals surface area contributed by atoms with Gasteiger partial charge in [-0.15, -0.1) is 11.8 Å². The Kier molecular flexibility index (Phi) is 4.10. The van der Waals surface area contributed by atoms with Crippen LogP contribution < -0.4 is 5.43 Å². The van der Waals surface area contributed by atoms with E-state index >= 15 is 0 Å². The van der Waals surface area contributed by atoms with Crippen LogP contribution in [0, 0.1) is 0 Å². The second-order valence-electron chi connectivity index (χ2n) is 6.99. The first kappa shape index (κ1) is 17.8. The van der Waals surface area contributed by atoms with Crippen molar-refractivity contribution in [3.63, 3.8) is 0 Å². The number of nitrogens with one attached hydrogen (secondary N) is 2. The zero-order valence-electron chi connectivity index (χ0n) is 16.1. The number of aromatic nitrogens is 1. The third kappa shape index (κ3) is 2.56. The summed E-state index contributed by atoms with van der Waals surface area (Å²) < 4.78 is 0. The summed E-state index contributed by atoms with van der Waals surface area (Å²) in [7, 11) is 0. The largest absolute Gasteiger partial charge is 0.354 e. The summed E-state index contributed by atoms with van der Waals surface area (Å²) in [6.07, 6.45) is 2.63. The number of anilines is 1. The normalized spacial score (nSPS) is 13.5. The van der Waals surface area contributed by atoms with Crippen molar-refractivity contribution < 1.29 is 9.59 Å². The van der Waals surface area contributed by atoms with Crippen LogP contribution >= 0.6 is 11.8 Å². The number of aryl methyl sites for hydroxylation is 1. The smallest absolute Gasteiger partial charge is 0.281 e. The topological polar surface area (TPSA) is 65.2 Å². The number of H-pyrrole nitrogens is 1. The van der Waals surface area contributed by atoms with Crippen molar-refractivity contribution in [2.75, 3.05) is 11.7 Å². The first-order valence-electron chi connectivity index (χ1n) is 9.48. The van der Waals surface area contributed by atoms with Gasteiger partial charge in [0.2, 0.25) is 0 Å². The molecule has 0 atom stereocenters. The number of hydrogen-bond donors (Lipinski definition) is 2. The van der Waals surface area contributed by atoms with Crippen LogP contribution in [0.15, 0.2) is 59.5 Å². The molecule has 2 amide bonds. The molecule has 0 bridgehead atoms. The van der Waals surface area contributed by atoms with Gasteiger partial charge in [-0.05, 0) is 42.5 Å². The zero-order chi connectivity index (χ0) is 20.1. The fourth-order valence-electron chi connectivity index (χ4n) is 4.08. The molecule has 0 unspecified atom stereocenters. The molecule has 1 aliphatic heterocycles. The second kappa shape index (κ2) is 6.67. The number of imide groups is 1. The lowest BCUT2D eigenvalue weighted by Crippen LogP contribution is -2.35. The van der Waals surface area contributed by atoms with Gasteiger partial charge in [-0.25, -0.2) is 0 Å². The van der Waals surface area contributed by atoms with Crippen LogP contribution in [0.2, 0.25) is 0 Å². The first-order valence-corrected chi connectivity index (χ1v) is 10.7. The average Bonchev–Trinajstić information content (AvgIpc) is 3.24. The number of fused-ring (bicyclic) bond motifs is 5. The minimum Gasteiger partial charge on any atom is -0.354 e. The van der Waals surface area contributed by atoms with Crippen molar-refractivity contribution in [3.8, 4) is 0 Å². The molecule has 0 spiro atoms. The van der Waals surface area contributed by atoms with Gasteiger partial charge in [-0.3, -0.25) is 15.0 Å². The molecule has 144 valence electrons. The molecule has 0 fully saturated rings. The highest BCUT2D eigenvalue weighted by Crippen LogP contribution is 2.38. The van der Waals surface area contributed by atoms with Crippen LogP contribution in [0.25, 0.3) is 21.8 Å². The van der Waals surface area contributed by atoms with E-state index in [-0.39, 0.29) is 11.8 Å². The third-order valence-electron chi connectivity index (χ3n) is 5.43. The third-order valence-corrected chi connectivity index (χ3v) is 6.22. The molecule has 0 saturated carbocycles. The number of thioether (sulfide) groups is 1. The van der Waals surface area contributed by atoms with E-state index in [0.717, 1.165) is 43.0 Å². The fourth-order valence-corrected chi connectivity index (χ4v) is 4.63. The van der Waals surface area contributed by atoms with E-state index in [0.29, 0.717) is 17.5 Å². The van der Waals surface area contributed by atoms with Gasteiger partial charge in [0, 0.05) is 26.7 Å². The molecule has 0 radical (unpaired) electrons. The molecule has 0 saturated heterocycles. The average molecular weight is 401 g/mol. The Bertz CT molecular complexity index is 1310. The molecule has 29 heavy (non-hydrogen) atoms. The van der Waals surface area contributed by atoms with Gasteiger partial charge in [-0.2, -0.15) is 5.01 Å². The van der Waals surface area contributed by atoms with Crippen molar-refractivity contribution >= 4 is 51.1 Å². The number of para-hydroxylation sites is 2. The molecular weight excluding hydrogens is 382 g/mol. The van der Waals surface area contributed by atoms with E-state index in [2.05, 4.69) is 10.4 Å². The number of amides is 2. The summed E-state index contributed by atoms with van der Waals surface area (Å²) in [5.74, 6) is -0.615. The fraction of sp³-hybridized carbons (Fsp3) is 0.130. The first-order chi connectivity index (χ1) is 14.1. The Morgan fingerprint density at radius 1 is 0.966 bits per heavy atom. The Morgan fingerprint density at radius 3 is 2.48 bits per heavy atom. The lowest BCUT2D eigenvalue weighted by atomic mass is 9.96. The van der Waals surface area contributed by atoms with Crippen LogP contribution in [0.3, 0.4) is 0 Å². The van der Waals surface area contributed by atoms with Crippen LogP contribution in [-0.4, -0.2) is 28.1 Å². The van der Waals surface area contributed by atoms with E-state index in [1.807, 2.05) is 67.8 Å². The number of carbonyl (C=O) groups is 2. The number of aromatic amines is 1. The van der Waals surface area contributed by atoms with Crippen molar-refractivity contribution in [3.05, 3.63) is 71.3 Å². The quantitative estimate of drug-likeness (QED) is 0.363. The summed E-state index contributed by atoms with van der Waals surface area (Å²) in [5.41, 5.74) is 7.51. The highest BCUT2D eigenvalue weighted by Gasteiger charge is 2.40. The lowest BCUT2D eigenvalue weighted by molar-refractivity contribution is 0.0691. The van der Waals surface area contributed by atoms with Gasteiger partial charge in [0.1, 0.15) is 0 Å². The van der Waals surface area contributed by atoms with Crippen molar-refractivity contribution in [1.29, 1.82) is 0 Å². The van der Waals surface area contributed by atoms with Gasteiger partial charge in [0.05, 0.1) is 16.8 Å². The minimum atomic E-state index is -0.314. The lowest BCUT2D eigenvalue weighted by Gasteiger charge is -2.18. The number of rotatable bonds is 4. The summed E-state index contributed by atoms with van der Waals surface area (Å²) in [4.78, 5) is 31.1. The number of hydrazine groups is 1. The van der Waals surface area contributed by atoms with Crippen molar-refractivity contribution in [1.82, 2.24) is 9.99 Å². The maximum atomic E-state index is 13.5. The molecular formula is C23H19N3O2S. The van der Waals surface area contributed by atoms with Crippen LogP contribution in [0.5, 0.6) is 0 Å². The number of nitrogens with zero attached hydrogens (tertiary/aromatic N) is 1. The highest BCUT2D eigenvalue weighted by molar-refractivity contribution is 7.98. The van der Waals surface area contributed by atoms with Crippen LogP contribution in [0.1, 0.15) is 33.2 Å². The van der Waals surface area contributed by atoms with E-state index in [4.69, 9.17) is 0 Å². The summed E-state index contributed by atoms with van der Waals surface area (Å²) >= 11 is 1.56. The Balaban J connectivity index is 1.72. The molecule has 0 aliphatic carbocycles. The molecule has 5 rings (SSSR count). The van der Waals surface area contributed by atoms with E-state index in [1.165, 1.54) is 0 Å². The highest BCUT2D eigenvalue weighted by atomic mass is 32.2. The molecule has 2 N–H and O–H groups in total. The SMILES string of the molecule is CCc1cc2[nH]c3ccccc3c2c2c1C(=O)N(Nc1ccccc1SC)C2=O. The second-order valence-corrected chi connectivity index (χ2v) is 7.84. The van der Waals surface area contributed by atoms with Gasteiger partial charge < -0.3 is 4.98 Å². The molecule has 3 aromatic carbocycles. The predicted molar refractivity (Wildman–Crippen MR) is 118 cm³/mol. The monoisotopic (exact) mass is 401 g/mol. The van der Waals surface area contributed by atoms with Crippen molar-refractivity contribution in [2.45, 2.75) is 18.2 Å². The summed E-state index contributed by atoms with van der Waals surface area (Å²) in [5, 5.41) is 2.92. The number of hydrogen-bond acceptors (Lipinski definition) is 4. The number of benzene rings is 3. The molecule has 2 heterocycles. The molecule has 5 nitrogen and oxygen atoms in total. The molecule has 6 heteroatoms. The van der Waals surface area contributed by atoms with Gasteiger partial charge in [0.25, 0.3) is 11.8 Å². The predicted octanol–water partition coefficient (Wildman–Crippen LogP) is 5.23. The molecule has 4 aromatic rings. The Labute approximate surface area is 172 Å². The van der Waals surface area contributed by atoms with Gasteiger partial charge >= 0.3 is 0 Å². The summed E-state index contributed by atoms with van der Waals surface area (Å²) in [6.45, 7) is 2.00. The van der Waals surface area contributed by atoms with Crippen LogP contribution in [0.4, 0.5) is 5.69 Å². The maximum Gasteiger partial charge on any atom is 0.281 e. The Hall–Kier alpha value is -3.25. The number of carbonyl (C=O) groups excluding carboxylic acids is 2. The zero-order valence-corrected chi connectivity index (χ0v) is 16.9.